The summed E-state index contributed by atoms with van der Waals surface area (Å²) in [5.41, 5.74) is 2.00. The van der Waals surface area contributed by atoms with Crippen LogP contribution >= 0.6 is 0 Å². The fourth-order valence-corrected chi connectivity index (χ4v) is 3.27. The van der Waals surface area contributed by atoms with E-state index in [-0.39, 0.29) is 11.8 Å². The molecule has 0 aromatic heterocycles. The molecular formula is C25H34FNO2. The van der Waals surface area contributed by atoms with Crippen molar-refractivity contribution in [2.75, 3.05) is 13.1 Å². The molecule has 29 heavy (non-hydrogen) atoms. The van der Waals surface area contributed by atoms with Crippen LogP contribution < -0.4 is 0 Å². The van der Waals surface area contributed by atoms with Crippen LogP contribution in [0.1, 0.15) is 70.8 Å². The number of hydroxylamine groups is 2. The minimum Gasteiger partial charge on any atom is -0.367 e. The Hall–Kier alpha value is -2.20. The zero-order chi connectivity index (χ0) is 21.1. The zero-order valence-electron chi connectivity index (χ0n) is 18.0. The Morgan fingerprint density at radius 1 is 0.966 bits per heavy atom. The first kappa shape index (κ1) is 23.1. The lowest BCUT2D eigenvalue weighted by atomic mass is 9.97. The summed E-state index contributed by atoms with van der Waals surface area (Å²) in [5, 5.41) is 1.79. The third kappa shape index (κ3) is 7.28. The molecule has 0 aliphatic heterocycles. The number of hydrogen-bond donors (Lipinski definition) is 0. The van der Waals surface area contributed by atoms with Gasteiger partial charge in [0.05, 0.1) is 5.92 Å². The van der Waals surface area contributed by atoms with E-state index >= 15 is 0 Å². The molecule has 0 aliphatic carbocycles. The van der Waals surface area contributed by atoms with Gasteiger partial charge in [-0.2, -0.15) is 0 Å². The molecule has 3 nitrogen and oxygen atoms in total. The number of benzene rings is 2. The van der Waals surface area contributed by atoms with E-state index in [1.165, 1.54) is 6.07 Å². The molecule has 0 amide bonds. The minimum absolute atomic E-state index is 0.323. The minimum atomic E-state index is -0.519. The third-order valence-corrected chi connectivity index (χ3v) is 5.17. The van der Waals surface area contributed by atoms with E-state index in [0.717, 1.165) is 57.2 Å². The maximum absolute atomic E-state index is 14.7. The quantitative estimate of drug-likeness (QED) is 0.292. The van der Waals surface area contributed by atoms with Gasteiger partial charge in [-0.3, -0.25) is 0 Å². The molecule has 2 aromatic rings. The van der Waals surface area contributed by atoms with Gasteiger partial charge in [0.15, 0.2) is 0 Å². The Bertz CT molecular complexity index is 738. The Morgan fingerprint density at radius 2 is 1.59 bits per heavy atom. The van der Waals surface area contributed by atoms with Gasteiger partial charge in [-0.1, -0.05) is 82.0 Å². The van der Waals surface area contributed by atoms with Crippen LogP contribution in [0.4, 0.5) is 4.39 Å². The molecular weight excluding hydrogens is 365 g/mol. The van der Waals surface area contributed by atoms with Crippen molar-refractivity contribution in [2.24, 2.45) is 0 Å². The van der Waals surface area contributed by atoms with Gasteiger partial charge in [0.25, 0.3) is 0 Å². The van der Waals surface area contributed by atoms with Gasteiger partial charge < -0.3 is 4.84 Å². The highest BCUT2D eigenvalue weighted by Crippen LogP contribution is 2.27. The van der Waals surface area contributed by atoms with Crippen molar-refractivity contribution < 1.29 is 14.0 Å². The Labute approximate surface area is 174 Å². The summed E-state index contributed by atoms with van der Waals surface area (Å²) in [7, 11) is 0. The van der Waals surface area contributed by atoms with Gasteiger partial charge in [0.2, 0.25) is 0 Å². The van der Waals surface area contributed by atoms with Crippen molar-refractivity contribution in [2.45, 2.75) is 65.2 Å². The molecule has 0 N–H and O–H groups in total. The molecule has 0 radical (unpaired) electrons. The van der Waals surface area contributed by atoms with E-state index in [1.54, 1.807) is 18.1 Å². The van der Waals surface area contributed by atoms with Crippen molar-refractivity contribution in [1.29, 1.82) is 0 Å². The molecule has 2 rings (SSSR count). The molecule has 0 spiro atoms. The van der Waals surface area contributed by atoms with Crippen molar-refractivity contribution >= 4 is 5.97 Å². The highest BCUT2D eigenvalue weighted by atomic mass is 19.1. The highest BCUT2D eigenvalue weighted by molar-refractivity contribution is 5.78. The van der Waals surface area contributed by atoms with Crippen LogP contribution in [0.15, 0.2) is 48.5 Å². The van der Waals surface area contributed by atoms with E-state index in [1.807, 2.05) is 36.4 Å². The normalized spacial score (nSPS) is 12.2. The maximum atomic E-state index is 14.7. The fraction of sp³-hybridized carbons (Fsp3) is 0.480. The van der Waals surface area contributed by atoms with E-state index in [2.05, 4.69) is 13.8 Å². The predicted octanol–water partition coefficient (Wildman–Crippen LogP) is 6.74. The molecule has 0 bridgehead atoms. The van der Waals surface area contributed by atoms with Gasteiger partial charge in [-0.25, -0.2) is 9.18 Å². The van der Waals surface area contributed by atoms with Crippen LogP contribution in [0.2, 0.25) is 0 Å². The second-order valence-corrected chi connectivity index (χ2v) is 7.58. The summed E-state index contributed by atoms with van der Waals surface area (Å²) in [5.74, 6) is -1.17. The Kier molecular flexibility index (Phi) is 9.85. The number of halogens is 1. The van der Waals surface area contributed by atoms with Crippen LogP contribution in [0.5, 0.6) is 0 Å². The lowest BCUT2D eigenvalue weighted by Crippen LogP contribution is -2.31. The molecule has 0 saturated carbocycles. The first-order valence-electron chi connectivity index (χ1n) is 10.9. The van der Waals surface area contributed by atoms with E-state index in [9.17, 15) is 9.18 Å². The largest absolute Gasteiger partial charge is 0.367 e. The lowest BCUT2D eigenvalue weighted by molar-refractivity contribution is -0.192. The zero-order valence-corrected chi connectivity index (χ0v) is 18.0. The van der Waals surface area contributed by atoms with Crippen LogP contribution in [-0.2, 0) is 9.63 Å². The Balaban J connectivity index is 2.03. The SMILES string of the molecule is CCCCCN(CCCCC)OC(=O)[C@@H](C)c1ccc(-c2ccccc2)c(F)c1. The molecule has 158 valence electrons. The second kappa shape index (κ2) is 12.4. The lowest BCUT2D eigenvalue weighted by Gasteiger charge is -2.23. The standard InChI is InChI=1S/C25H34FNO2/c1-4-6-11-17-27(18-12-7-5-2)29-25(28)20(3)22-15-16-23(24(26)19-22)21-13-9-8-10-14-21/h8-10,13-16,19-20H,4-7,11-12,17-18H2,1-3H3/t20-/m0/s1. The first-order chi connectivity index (χ1) is 14.1. The molecule has 0 unspecified atom stereocenters. The highest BCUT2D eigenvalue weighted by Gasteiger charge is 2.21. The molecule has 2 aromatic carbocycles. The molecule has 0 saturated heterocycles. The number of rotatable bonds is 12. The van der Waals surface area contributed by atoms with Crippen LogP contribution in [0, 0.1) is 5.82 Å². The van der Waals surface area contributed by atoms with Gasteiger partial charge in [-0.05, 0) is 37.0 Å². The van der Waals surface area contributed by atoms with E-state index in [4.69, 9.17) is 4.84 Å². The number of unbranched alkanes of at least 4 members (excludes halogenated alkanes) is 4. The van der Waals surface area contributed by atoms with Gasteiger partial charge in [0, 0.05) is 18.7 Å². The summed E-state index contributed by atoms with van der Waals surface area (Å²) in [6.45, 7) is 7.58. The average Bonchev–Trinajstić information content (AvgIpc) is 2.73. The second-order valence-electron chi connectivity index (χ2n) is 7.58. The van der Waals surface area contributed by atoms with Crippen molar-refractivity contribution in [1.82, 2.24) is 5.06 Å². The first-order valence-corrected chi connectivity index (χ1v) is 10.9. The maximum Gasteiger partial charge on any atom is 0.332 e. The van der Waals surface area contributed by atoms with Crippen molar-refractivity contribution in [3.63, 3.8) is 0 Å². The summed E-state index contributed by atoms with van der Waals surface area (Å²) in [4.78, 5) is 18.4. The number of carbonyl (C=O) groups is 1. The number of nitrogens with zero attached hydrogens (tertiary/aromatic N) is 1. The third-order valence-electron chi connectivity index (χ3n) is 5.17. The summed E-state index contributed by atoms with van der Waals surface area (Å²) >= 11 is 0. The average molecular weight is 400 g/mol. The van der Waals surface area contributed by atoms with Crippen molar-refractivity contribution in [3.05, 3.63) is 59.9 Å². The number of carbonyl (C=O) groups excluding carboxylic acids is 1. The predicted molar refractivity (Wildman–Crippen MR) is 117 cm³/mol. The molecule has 4 heteroatoms. The molecule has 0 aliphatic rings. The molecule has 0 heterocycles. The van der Waals surface area contributed by atoms with Gasteiger partial charge in [0.1, 0.15) is 5.82 Å². The fourth-order valence-electron chi connectivity index (χ4n) is 3.27. The topological polar surface area (TPSA) is 29.5 Å². The summed E-state index contributed by atoms with van der Waals surface area (Å²) < 4.78 is 14.7. The molecule has 0 fully saturated rings. The van der Waals surface area contributed by atoms with E-state index in [0.29, 0.717) is 11.1 Å². The monoisotopic (exact) mass is 399 g/mol. The van der Waals surface area contributed by atoms with Crippen LogP contribution in [0.25, 0.3) is 11.1 Å². The van der Waals surface area contributed by atoms with Crippen LogP contribution in [0.3, 0.4) is 0 Å². The van der Waals surface area contributed by atoms with Gasteiger partial charge in [-0.15, -0.1) is 5.06 Å². The van der Waals surface area contributed by atoms with Gasteiger partial charge >= 0.3 is 5.97 Å². The van der Waals surface area contributed by atoms with Crippen molar-refractivity contribution in [3.8, 4) is 11.1 Å². The van der Waals surface area contributed by atoms with E-state index < -0.39 is 5.92 Å². The summed E-state index contributed by atoms with van der Waals surface area (Å²) in [6, 6.07) is 14.4. The van der Waals surface area contributed by atoms with Crippen LogP contribution in [-0.4, -0.2) is 24.1 Å². The molecule has 1 atom stereocenters. The number of hydrogen-bond acceptors (Lipinski definition) is 3. The Morgan fingerprint density at radius 3 is 2.14 bits per heavy atom. The smallest absolute Gasteiger partial charge is 0.332 e. The summed E-state index contributed by atoms with van der Waals surface area (Å²) in [6.07, 6.45) is 6.49.